The lowest BCUT2D eigenvalue weighted by Gasteiger charge is -2.01. The first-order valence-corrected chi connectivity index (χ1v) is 5.67. The number of rotatable bonds is 11. The lowest BCUT2D eigenvalue weighted by atomic mass is 9.98. The van der Waals surface area contributed by atoms with Gasteiger partial charge >= 0.3 is 0 Å². The summed E-state index contributed by atoms with van der Waals surface area (Å²) in [5.41, 5.74) is 0. The van der Waals surface area contributed by atoms with E-state index in [2.05, 4.69) is 4.74 Å². The molecule has 0 fully saturated rings. The summed E-state index contributed by atoms with van der Waals surface area (Å²) in [5, 5.41) is 0. The van der Waals surface area contributed by atoms with E-state index >= 15 is 0 Å². The molecule has 0 heterocycles. The molecule has 0 aromatic carbocycles. The average molecular weight is 196 g/mol. The second kappa shape index (κ2) is 12.5. The summed E-state index contributed by atoms with van der Waals surface area (Å²) in [5.74, 6) is 0. The van der Waals surface area contributed by atoms with Crippen LogP contribution in [0.3, 0.4) is 0 Å². The topological polar surface area (TPSA) is 26.3 Å². The molecule has 0 N–H and O–H groups in total. The molecule has 0 rings (SSSR count). The molecule has 0 amide bonds. The van der Waals surface area contributed by atoms with E-state index in [4.69, 9.17) is 7.85 Å². The Morgan fingerprint density at radius 3 is 1.86 bits per heavy atom. The minimum Gasteiger partial charge on any atom is -0.468 e. The van der Waals surface area contributed by atoms with Crippen molar-refractivity contribution in [3.63, 3.8) is 0 Å². The van der Waals surface area contributed by atoms with Gasteiger partial charge in [0.2, 0.25) is 0 Å². The number of ether oxygens (including phenoxy) is 1. The molecular weight excluding hydrogens is 175 g/mol. The van der Waals surface area contributed by atoms with Gasteiger partial charge in [0, 0.05) is 0 Å². The highest BCUT2D eigenvalue weighted by Gasteiger charge is 1.91. The second-order valence-electron chi connectivity index (χ2n) is 3.58. The summed E-state index contributed by atoms with van der Waals surface area (Å²) < 4.78 is 4.60. The van der Waals surface area contributed by atoms with Crippen LogP contribution in [0.1, 0.15) is 51.4 Å². The van der Waals surface area contributed by atoms with E-state index in [1.54, 1.807) is 0 Å². The van der Waals surface area contributed by atoms with Crippen molar-refractivity contribution in [2.75, 3.05) is 6.61 Å². The van der Waals surface area contributed by atoms with Gasteiger partial charge in [0.05, 0.1) is 14.5 Å². The van der Waals surface area contributed by atoms with Crippen LogP contribution in [0.5, 0.6) is 0 Å². The van der Waals surface area contributed by atoms with Crippen molar-refractivity contribution in [2.24, 2.45) is 0 Å². The standard InChI is InChI=1S/C11H21BO2/c12-9-7-5-3-1-2-4-6-8-10-14-11-13/h11H,1-10H2. The van der Waals surface area contributed by atoms with Gasteiger partial charge in [-0.2, -0.15) is 0 Å². The summed E-state index contributed by atoms with van der Waals surface area (Å²) in [7, 11) is 5.40. The molecule has 0 unspecified atom stereocenters. The molecule has 14 heavy (non-hydrogen) atoms. The third-order valence-electron chi connectivity index (χ3n) is 2.28. The van der Waals surface area contributed by atoms with Crippen LogP contribution in [0.2, 0.25) is 6.32 Å². The molecular formula is C11H21BO2. The van der Waals surface area contributed by atoms with Gasteiger partial charge in [-0.25, -0.2) is 0 Å². The monoisotopic (exact) mass is 196 g/mol. The van der Waals surface area contributed by atoms with Gasteiger partial charge in [0.15, 0.2) is 0 Å². The van der Waals surface area contributed by atoms with E-state index in [1.807, 2.05) is 0 Å². The van der Waals surface area contributed by atoms with E-state index in [9.17, 15) is 4.79 Å². The summed E-state index contributed by atoms with van der Waals surface area (Å²) in [6, 6.07) is 0. The van der Waals surface area contributed by atoms with Gasteiger partial charge in [0.1, 0.15) is 0 Å². The highest BCUT2D eigenvalue weighted by Crippen LogP contribution is 2.09. The number of carbonyl (C=O) groups excluding carboxylic acids is 1. The Kier molecular flexibility index (Phi) is 12.1. The van der Waals surface area contributed by atoms with Crippen molar-refractivity contribution >= 4 is 14.3 Å². The molecule has 0 aliphatic carbocycles. The highest BCUT2D eigenvalue weighted by molar-refractivity contribution is 6.08. The van der Waals surface area contributed by atoms with Crippen LogP contribution in [-0.2, 0) is 9.53 Å². The van der Waals surface area contributed by atoms with Crippen LogP contribution in [0.4, 0.5) is 0 Å². The summed E-state index contributed by atoms with van der Waals surface area (Å²) >= 11 is 0. The molecule has 0 aliphatic rings. The Morgan fingerprint density at radius 2 is 1.36 bits per heavy atom. The zero-order valence-corrected chi connectivity index (χ0v) is 9.04. The van der Waals surface area contributed by atoms with Crippen molar-refractivity contribution in [1.82, 2.24) is 0 Å². The van der Waals surface area contributed by atoms with Crippen LogP contribution in [0.15, 0.2) is 0 Å². The minimum atomic E-state index is 0.521. The van der Waals surface area contributed by atoms with Crippen LogP contribution < -0.4 is 0 Å². The molecule has 0 bridgehead atoms. The highest BCUT2D eigenvalue weighted by atomic mass is 16.5. The van der Waals surface area contributed by atoms with Gasteiger partial charge in [-0.3, -0.25) is 4.79 Å². The minimum absolute atomic E-state index is 0.521. The fraction of sp³-hybridized carbons (Fsp3) is 0.909. The van der Waals surface area contributed by atoms with Crippen molar-refractivity contribution in [1.29, 1.82) is 0 Å². The van der Waals surface area contributed by atoms with Crippen molar-refractivity contribution < 1.29 is 9.53 Å². The lowest BCUT2D eigenvalue weighted by molar-refractivity contribution is -0.128. The zero-order chi connectivity index (χ0) is 10.5. The Morgan fingerprint density at radius 1 is 0.857 bits per heavy atom. The molecule has 0 saturated heterocycles. The molecule has 2 nitrogen and oxygen atoms in total. The SMILES string of the molecule is [B]CCCCCCCCCCOC=O. The fourth-order valence-electron chi connectivity index (χ4n) is 1.44. The lowest BCUT2D eigenvalue weighted by Crippen LogP contribution is -1.91. The normalized spacial score (nSPS) is 10.0. The molecule has 80 valence electrons. The Hall–Kier alpha value is -0.465. The summed E-state index contributed by atoms with van der Waals surface area (Å²) in [6.45, 7) is 1.10. The molecule has 0 spiro atoms. The van der Waals surface area contributed by atoms with Crippen LogP contribution >= 0.6 is 0 Å². The predicted molar refractivity (Wildman–Crippen MR) is 59.5 cm³/mol. The molecule has 0 aliphatic heterocycles. The largest absolute Gasteiger partial charge is 0.468 e. The van der Waals surface area contributed by atoms with Gasteiger partial charge in [-0.15, -0.1) is 0 Å². The number of carbonyl (C=O) groups is 1. The van der Waals surface area contributed by atoms with Crippen molar-refractivity contribution in [3.05, 3.63) is 0 Å². The molecule has 0 atom stereocenters. The maximum atomic E-state index is 9.81. The van der Waals surface area contributed by atoms with Crippen LogP contribution in [0.25, 0.3) is 0 Å². The maximum absolute atomic E-state index is 9.81. The van der Waals surface area contributed by atoms with Crippen LogP contribution in [-0.4, -0.2) is 20.9 Å². The van der Waals surface area contributed by atoms with Gasteiger partial charge in [-0.05, 0) is 6.42 Å². The van der Waals surface area contributed by atoms with Gasteiger partial charge < -0.3 is 4.74 Å². The smallest absolute Gasteiger partial charge is 0.293 e. The molecule has 0 aromatic rings. The Labute approximate surface area is 88.8 Å². The first-order chi connectivity index (χ1) is 6.91. The van der Waals surface area contributed by atoms with E-state index in [0.29, 0.717) is 13.1 Å². The molecule has 3 heteroatoms. The maximum Gasteiger partial charge on any atom is 0.293 e. The van der Waals surface area contributed by atoms with E-state index in [-0.39, 0.29) is 0 Å². The van der Waals surface area contributed by atoms with Crippen molar-refractivity contribution in [2.45, 2.75) is 57.7 Å². The zero-order valence-electron chi connectivity index (χ0n) is 9.04. The first kappa shape index (κ1) is 13.5. The van der Waals surface area contributed by atoms with Gasteiger partial charge in [0.25, 0.3) is 6.47 Å². The van der Waals surface area contributed by atoms with Crippen molar-refractivity contribution in [3.8, 4) is 0 Å². The fourth-order valence-corrected chi connectivity index (χ4v) is 1.44. The third-order valence-corrected chi connectivity index (χ3v) is 2.28. The average Bonchev–Trinajstić information content (AvgIpc) is 2.21. The Bertz CT molecular complexity index is 118. The molecule has 0 saturated carbocycles. The summed E-state index contributed by atoms with van der Waals surface area (Å²) in [6.07, 6.45) is 10.6. The molecule has 0 aromatic heterocycles. The third kappa shape index (κ3) is 11.5. The summed E-state index contributed by atoms with van der Waals surface area (Å²) in [4.78, 5) is 9.81. The van der Waals surface area contributed by atoms with E-state index in [0.717, 1.165) is 19.2 Å². The number of hydrogen-bond donors (Lipinski definition) is 0. The number of hydrogen-bond acceptors (Lipinski definition) is 2. The Balaban J connectivity index is 2.81. The van der Waals surface area contributed by atoms with E-state index < -0.39 is 0 Å². The van der Waals surface area contributed by atoms with Gasteiger partial charge in [-0.1, -0.05) is 51.3 Å². The quantitative estimate of drug-likeness (QED) is 0.288. The second-order valence-corrected chi connectivity index (χ2v) is 3.58. The van der Waals surface area contributed by atoms with E-state index in [1.165, 1.54) is 38.5 Å². The molecule has 2 radical (unpaired) electrons. The predicted octanol–water partition coefficient (Wildman–Crippen LogP) is 2.87. The number of unbranched alkanes of at least 4 members (excludes halogenated alkanes) is 7. The first-order valence-electron chi connectivity index (χ1n) is 5.67. The van der Waals surface area contributed by atoms with Crippen LogP contribution in [0, 0.1) is 0 Å².